The Morgan fingerprint density at radius 1 is 1.03 bits per heavy atom. The number of hydrogen-bond acceptors (Lipinski definition) is 5. The van der Waals surface area contributed by atoms with Crippen LogP contribution >= 0.6 is 11.3 Å². The minimum atomic E-state index is -0.512. The molecule has 152 valence electrons. The summed E-state index contributed by atoms with van der Waals surface area (Å²) >= 11 is 1.32. The Morgan fingerprint density at radius 2 is 1.77 bits per heavy atom. The number of aryl methyl sites for hydroxylation is 1. The van der Waals surface area contributed by atoms with Crippen molar-refractivity contribution >= 4 is 34.7 Å². The number of fused-ring (bicyclic) bond motifs is 1. The van der Waals surface area contributed by atoms with E-state index >= 15 is 0 Å². The van der Waals surface area contributed by atoms with Crippen molar-refractivity contribution in [2.45, 2.75) is 13.5 Å². The van der Waals surface area contributed by atoms with Crippen molar-refractivity contribution in [2.75, 3.05) is 0 Å². The fourth-order valence-corrected chi connectivity index (χ4v) is 3.80. The minimum absolute atomic E-state index is 0.0973. The van der Waals surface area contributed by atoms with Gasteiger partial charge in [-0.1, -0.05) is 60.2 Å². The van der Waals surface area contributed by atoms with Crippen molar-refractivity contribution in [3.8, 4) is 6.07 Å². The van der Waals surface area contributed by atoms with E-state index in [1.165, 1.54) is 11.3 Å². The van der Waals surface area contributed by atoms with Crippen LogP contribution in [-0.4, -0.2) is 17.6 Å². The average Bonchev–Trinajstić information content (AvgIpc) is 3.44. The number of aliphatic imine (C=N–C) groups is 1. The third-order valence-corrected chi connectivity index (χ3v) is 5.66. The lowest BCUT2D eigenvalue weighted by atomic mass is 10.0. The predicted molar refractivity (Wildman–Crippen MR) is 120 cm³/mol. The van der Waals surface area contributed by atoms with Gasteiger partial charge in [0.2, 0.25) is 0 Å². The second-order valence-electron chi connectivity index (χ2n) is 6.94. The van der Waals surface area contributed by atoms with Gasteiger partial charge in [-0.3, -0.25) is 9.59 Å². The molecule has 0 fully saturated rings. The van der Waals surface area contributed by atoms with Crippen molar-refractivity contribution in [1.82, 2.24) is 10.6 Å². The standard InChI is InChI=1S/C24H18N4O2S/c1-15-8-10-16(11-9-15)14-26-23(29)19(13-25)21-17-5-2-3-6-18(17)22(27-21)28-24(30)20-7-4-12-31-20/h2-12H,14H2,1H3,(H,26,29)(H,27,28,30)/b21-19-. The van der Waals surface area contributed by atoms with Crippen LogP contribution in [0.25, 0.3) is 5.70 Å². The number of amides is 2. The van der Waals surface area contributed by atoms with Gasteiger partial charge in [0.1, 0.15) is 17.5 Å². The van der Waals surface area contributed by atoms with E-state index < -0.39 is 5.91 Å². The van der Waals surface area contributed by atoms with Crippen LogP contribution in [0.2, 0.25) is 0 Å². The van der Waals surface area contributed by atoms with Gasteiger partial charge in [-0.15, -0.1) is 11.3 Å². The Bertz CT molecular complexity index is 1250. The van der Waals surface area contributed by atoms with Gasteiger partial charge >= 0.3 is 0 Å². The van der Waals surface area contributed by atoms with Crippen LogP contribution in [0.15, 0.2) is 76.6 Å². The fraction of sp³-hybridized carbons (Fsp3) is 0.0833. The molecule has 0 atom stereocenters. The summed E-state index contributed by atoms with van der Waals surface area (Å²) in [6, 6.07) is 20.5. The van der Waals surface area contributed by atoms with Crippen molar-refractivity contribution < 1.29 is 9.59 Å². The largest absolute Gasteiger partial charge is 0.347 e. The molecule has 7 heteroatoms. The highest BCUT2D eigenvalue weighted by atomic mass is 32.1. The van der Waals surface area contributed by atoms with Gasteiger partial charge in [-0.25, -0.2) is 4.99 Å². The molecule has 2 amide bonds. The van der Waals surface area contributed by atoms with E-state index in [0.717, 1.165) is 11.1 Å². The number of nitriles is 1. The maximum Gasteiger partial charge on any atom is 0.266 e. The van der Waals surface area contributed by atoms with Crippen LogP contribution in [0.4, 0.5) is 0 Å². The molecular weight excluding hydrogens is 408 g/mol. The lowest BCUT2D eigenvalue weighted by Gasteiger charge is -2.07. The number of hydrogen-bond donors (Lipinski definition) is 2. The summed E-state index contributed by atoms with van der Waals surface area (Å²) in [5, 5.41) is 17.1. The normalized spacial score (nSPS) is 13.6. The van der Waals surface area contributed by atoms with E-state index in [1.807, 2.05) is 48.7 Å². The highest BCUT2D eigenvalue weighted by molar-refractivity contribution is 7.12. The smallest absolute Gasteiger partial charge is 0.266 e. The summed E-state index contributed by atoms with van der Waals surface area (Å²) in [5.41, 5.74) is 3.51. The second kappa shape index (κ2) is 8.78. The molecule has 2 aromatic carbocycles. The average molecular weight is 427 g/mol. The highest BCUT2D eigenvalue weighted by Gasteiger charge is 2.27. The van der Waals surface area contributed by atoms with Gasteiger partial charge in [0.25, 0.3) is 11.8 Å². The zero-order valence-electron chi connectivity index (χ0n) is 16.7. The number of nitrogens with one attached hydrogen (secondary N) is 2. The van der Waals surface area contributed by atoms with Gasteiger partial charge in [0, 0.05) is 17.7 Å². The van der Waals surface area contributed by atoms with Crippen LogP contribution in [0.3, 0.4) is 0 Å². The molecule has 6 nitrogen and oxygen atoms in total. The van der Waals surface area contributed by atoms with E-state index in [0.29, 0.717) is 28.4 Å². The zero-order chi connectivity index (χ0) is 21.8. The molecular formula is C24H18N4O2S. The molecule has 1 aromatic heterocycles. The van der Waals surface area contributed by atoms with E-state index in [9.17, 15) is 14.9 Å². The Hall–Kier alpha value is -4.02. The summed E-state index contributed by atoms with van der Waals surface area (Å²) in [6.07, 6.45) is 0. The first kappa shape index (κ1) is 20.3. The van der Waals surface area contributed by atoms with E-state index in [-0.39, 0.29) is 17.2 Å². The third kappa shape index (κ3) is 4.29. The molecule has 0 saturated carbocycles. The van der Waals surface area contributed by atoms with Gasteiger partial charge < -0.3 is 10.6 Å². The van der Waals surface area contributed by atoms with Crippen LogP contribution in [0.5, 0.6) is 0 Å². The van der Waals surface area contributed by atoms with Gasteiger partial charge in [0.15, 0.2) is 0 Å². The molecule has 0 saturated heterocycles. The monoisotopic (exact) mass is 426 g/mol. The zero-order valence-corrected chi connectivity index (χ0v) is 17.5. The van der Waals surface area contributed by atoms with Crippen LogP contribution < -0.4 is 10.6 Å². The Balaban J connectivity index is 1.62. The number of nitrogens with zero attached hydrogens (tertiary/aromatic N) is 2. The van der Waals surface area contributed by atoms with Gasteiger partial charge in [0.05, 0.1) is 10.6 Å². The lowest BCUT2D eigenvalue weighted by Crippen LogP contribution is -2.29. The second-order valence-corrected chi connectivity index (χ2v) is 7.89. The van der Waals surface area contributed by atoms with E-state index in [2.05, 4.69) is 15.6 Å². The Labute approximate surface area is 183 Å². The molecule has 0 aliphatic carbocycles. The molecule has 2 N–H and O–H groups in total. The molecule has 31 heavy (non-hydrogen) atoms. The van der Waals surface area contributed by atoms with Crippen LogP contribution in [-0.2, 0) is 11.3 Å². The topological polar surface area (TPSA) is 94.3 Å². The highest BCUT2D eigenvalue weighted by Crippen LogP contribution is 2.30. The molecule has 1 aliphatic heterocycles. The van der Waals surface area contributed by atoms with E-state index in [4.69, 9.17) is 0 Å². The molecule has 0 bridgehead atoms. The molecule has 1 aliphatic rings. The van der Waals surface area contributed by atoms with Crippen LogP contribution in [0.1, 0.15) is 31.9 Å². The number of benzene rings is 2. The fourth-order valence-electron chi connectivity index (χ4n) is 3.18. The predicted octanol–water partition coefficient (Wildman–Crippen LogP) is 3.80. The van der Waals surface area contributed by atoms with Crippen LogP contribution in [0, 0.1) is 18.3 Å². The number of carbonyl (C=O) groups is 2. The summed E-state index contributed by atoms with van der Waals surface area (Å²) in [4.78, 5) is 30.3. The van der Waals surface area contributed by atoms with Gasteiger partial charge in [-0.2, -0.15) is 5.26 Å². The first-order chi connectivity index (χ1) is 15.1. The quantitative estimate of drug-likeness (QED) is 0.491. The summed E-state index contributed by atoms with van der Waals surface area (Å²) in [5.74, 6) is -0.474. The molecule has 0 unspecified atom stereocenters. The molecule has 2 heterocycles. The lowest BCUT2D eigenvalue weighted by molar-refractivity contribution is -0.117. The van der Waals surface area contributed by atoms with Crippen molar-refractivity contribution in [3.05, 3.63) is 98.7 Å². The summed E-state index contributed by atoms with van der Waals surface area (Å²) in [6.45, 7) is 2.29. The SMILES string of the molecule is Cc1ccc(CNC(=O)/C(C#N)=C2\N=C(NC(=O)c3cccs3)c3ccccc32)cc1. The Morgan fingerprint density at radius 3 is 2.45 bits per heavy atom. The third-order valence-electron chi connectivity index (χ3n) is 4.79. The number of carbonyl (C=O) groups excluding carboxylic acids is 2. The maximum atomic E-state index is 12.8. The first-order valence-electron chi connectivity index (χ1n) is 9.58. The number of thiophene rings is 1. The molecule has 3 aromatic rings. The summed E-state index contributed by atoms with van der Waals surface area (Å²) in [7, 11) is 0. The van der Waals surface area contributed by atoms with Crippen molar-refractivity contribution in [3.63, 3.8) is 0 Å². The molecule has 4 rings (SSSR count). The van der Waals surface area contributed by atoms with Crippen molar-refractivity contribution in [1.29, 1.82) is 5.26 Å². The molecule has 0 radical (unpaired) electrons. The number of amidine groups is 1. The maximum absolute atomic E-state index is 12.8. The minimum Gasteiger partial charge on any atom is -0.347 e. The molecule has 0 spiro atoms. The van der Waals surface area contributed by atoms with Gasteiger partial charge in [-0.05, 0) is 23.9 Å². The Kier molecular flexibility index (Phi) is 5.74. The van der Waals surface area contributed by atoms with Crippen molar-refractivity contribution in [2.24, 2.45) is 4.99 Å². The summed E-state index contributed by atoms with van der Waals surface area (Å²) < 4.78 is 0. The first-order valence-corrected chi connectivity index (χ1v) is 10.5. The van der Waals surface area contributed by atoms with E-state index in [1.54, 1.807) is 30.3 Å². The number of rotatable bonds is 4.